The predicted octanol–water partition coefficient (Wildman–Crippen LogP) is 2.91. The molecule has 0 saturated carbocycles. The molecule has 0 aromatic carbocycles. The third-order valence-electron chi connectivity index (χ3n) is 1.92. The molecule has 1 aromatic rings. The summed E-state index contributed by atoms with van der Waals surface area (Å²) in [7, 11) is 0. The van der Waals surface area contributed by atoms with Crippen LogP contribution in [-0.2, 0) is 0 Å². The summed E-state index contributed by atoms with van der Waals surface area (Å²) in [6.07, 6.45) is 3.82. The van der Waals surface area contributed by atoms with Crippen molar-refractivity contribution in [3.8, 4) is 5.75 Å². The summed E-state index contributed by atoms with van der Waals surface area (Å²) in [6, 6.07) is 3.79. The Labute approximate surface area is 95.8 Å². The first-order valence-electron chi connectivity index (χ1n) is 5.26. The highest BCUT2D eigenvalue weighted by Gasteiger charge is 2.01. The molecule has 0 fully saturated rings. The van der Waals surface area contributed by atoms with Crippen LogP contribution in [0.1, 0.15) is 19.8 Å². The number of hydrogen-bond donors (Lipinski definition) is 1. The Kier molecular flexibility index (Phi) is 5.93. The van der Waals surface area contributed by atoms with E-state index in [1.807, 2.05) is 19.1 Å². The van der Waals surface area contributed by atoms with Gasteiger partial charge >= 0.3 is 0 Å². The second-order valence-corrected chi connectivity index (χ2v) is 3.48. The van der Waals surface area contributed by atoms with Crippen LogP contribution in [0.5, 0.6) is 5.75 Å². The number of rotatable bonds is 7. The van der Waals surface area contributed by atoms with Gasteiger partial charge in [-0.1, -0.05) is 0 Å². The smallest absolute Gasteiger partial charge is 0.168 e. The average Bonchev–Trinajstić information content (AvgIpc) is 2.27. The molecule has 1 aromatic heterocycles. The number of anilines is 1. The van der Waals surface area contributed by atoms with Crippen molar-refractivity contribution in [3.63, 3.8) is 0 Å². The third kappa shape index (κ3) is 4.38. The highest BCUT2D eigenvalue weighted by atomic mass is 35.5. The summed E-state index contributed by atoms with van der Waals surface area (Å²) in [5.41, 5.74) is 0. The second kappa shape index (κ2) is 7.35. The molecule has 0 aliphatic heterocycles. The number of nitrogens with one attached hydrogen (secondary N) is 1. The number of unbranched alkanes of at least 4 members (excludes halogenated alkanes) is 1. The fourth-order valence-corrected chi connectivity index (χ4v) is 1.41. The molecule has 1 heterocycles. The quantitative estimate of drug-likeness (QED) is 0.576. The molecule has 0 spiro atoms. The van der Waals surface area contributed by atoms with Crippen LogP contribution in [-0.4, -0.2) is 24.0 Å². The highest BCUT2D eigenvalue weighted by molar-refractivity contribution is 6.17. The first kappa shape index (κ1) is 12.1. The summed E-state index contributed by atoms with van der Waals surface area (Å²) in [4.78, 5) is 4.23. The number of pyridine rings is 1. The van der Waals surface area contributed by atoms with Crippen molar-refractivity contribution in [1.82, 2.24) is 4.98 Å². The molecule has 0 unspecified atom stereocenters. The van der Waals surface area contributed by atoms with Crippen molar-refractivity contribution in [2.24, 2.45) is 0 Å². The summed E-state index contributed by atoms with van der Waals surface area (Å²) in [6.45, 7) is 3.50. The first-order chi connectivity index (χ1) is 7.38. The van der Waals surface area contributed by atoms with Crippen molar-refractivity contribution < 1.29 is 4.74 Å². The van der Waals surface area contributed by atoms with Crippen LogP contribution in [0.3, 0.4) is 0 Å². The number of ether oxygens (including phenoxy) is 1. The summed E-state index contributed by atoms with van der Waals surface area (Å²) >= 11 is 5.60. The van der Waals surface area contributed by atoms with Crippen molar-refractivity contribution in [3.05, 3.63) is 18.3 Å². The maximum absolute atomic E-state index is 5.60. The lowest BCUT2D eigenvalue weighted by molar-refractivity contribution is 0.340. The van der Waals surface area contributed by atoms with E-state index >= 15 is 0 Å². The average molecular weight is 229 g/mol. The molecule has 0 aliphatic rings. The van der Waals surface area contributed by atoms with Crippen molar-refractivity contribution >= 4 is 17.4 Å². The topological polar surface area (TPSA) is 34.1 Å². The number of alkyl halides is 1. The lowest BCUT2D eigenvalue weighted by Gasteiger charge is -2.10. The van der Waals surface area contributed by atoms with Crippen LogP contribution in [0.15, 0.2) is 18.3 Å². The Morgan fingerprint density at radius 2 is 2.33 bits per heavy atom. The van der Waals surface area contributed by atoms with Gasteiger partial charge in [-0.2, -0.15) is 0 Å². The Hall–Kier alpha value is -0.960. The molecule has 0 bridgehead atoms. The van der Waals surface area contributed by atoms with Gasteiger partial charge in [0.25, 0.3) is 0 Å². The van der Waals surface area contributed by atoms with E-state index in [0.717, 1.165) is 31.0 Å². The molecule has 0 atom stereocenters. The standard InChI is InChI=1S/C11H17ClN2O/c1-2-15-10-6-5-9-14-11(10)13-8-4-3-7-12/h5-6,9H,2-4,7-8H2,1H3,(H,13,14). The van der Waals surface area contributed by atoms with Gasteiger partial charge in [0.1, 0.15) is 0 Å². The summed E-state index contributed by atoms with van der Waals surface area (Å²) in [5, 5.41) is 3.24. The SMILES string of the molecule is CCOc1cccnc1NCCCCCl. The molecule has 15 heavy (non-hydrogen) atoms. The van der Waals surface area contributed by atoms with Crippen LogP contribution in [0.2, 0.25) is 0 Å². The van der Waals surface area contributed by atoms with Gasteiger partial charge in [-0.25, -0.2) is 4.98 Å². The molecule has 1 N–H and O–H groups in total. The number of aromatic nitrogens is 1. The zero-order chi connectivity index (χ0) is 10.9. The number of nitrogens with zero attached hydrogens (tertiary/aromatic N) is 1. The maximum Gasteiger partial charge on any atom is 0.168 e. The molecule has 4 heteroatoms. The van der Waals surface area contributed by atoms with Gasteiger partial charge < -0.3 is 10.1 Å². The van der Waals surface area contributed by atoms with Crippen LogP contribution < -0.4 is 10.1 Å². The number of hydrogen-bond acceptors (Lipinski definition) is 3. The van der Waals surface area contributed by atoms with E-state index in [0.29, 0.717) is 12.5 Å². The molecule has 0 aliphatic carbocycles. The van der Waals surface area contributed by atoms with Gasteiger partial charge in [0, 0.05) is 18.6 Å². The Balaban J connectivity index is 2.44. The van der Waals surface area contributed by atoms with E-state index in [9.17, 15) is 0 Å². The summed E-state index contributed by atoms with van der Waals surface area (Å²) < 4.78 is 5.44. The zero-order valence-electron chi connectivity index (χ0n) is 9.00. The Morgan fingerprint density at radius 3 is 3.07 bits per heavy atom. The molecular formula is C11H17ClN2O. The minimum atomic E-state index is 0.655. The fourth-order valence-electron chi connectivity index (χ4n) is 1.22. The van der Waals surface area contributed by atoms with E-state index in [1.54, 1.807) is 6.20 Å². The maximum atomic E-state index is 5.60. The van der Waals surface area contributed by atoms with Crippen molar-refractivity contribution in [2.75, 3.05) is 24.3 Å². The van der Waals surface area contributed by atoms with Crippen molar-refractivity contribution in [2.45, 2.75) is 19.8 Å². The molecule has 1 rings (SSSR count). The van der Waals surface area contributed by atoms with Crippen LogP contribution in [0.25, 0.3) is 0 Å². The Bertz CT molecular complexity index is 281. The van der Waals surface area contributed by atoms with E-state index in [1.165, 1.54) is 0 Å². The first-order valence-corrected chi connectivity index (χ1v) is 5.79. The largest absolute Gasteiger partial charge is 0.490 e. The van der Waals surface area contributed by atoms with Gasteiger partial charge in [-0.05, 0) is 31.9 Å². The predicted molar refractivity (Wildman–Crippen MR) is 63.8 cm³/mol. The van der Waals surface area contributed by atoms with Gasteiger partial charge in [0.2, 0.25) is 0 Å². The Morgan fingerprint density at radius 1 is 1.47 bits per heavy atom. The second-order valence-electron chi connectivity index (χ2n) is 3.11. The molecule has 0 saturated heterocycles. The van der Waals surface area contributed by atoms with E-state index in [-0.39, 0.29) is 0 Å². The number of halogens is 1. The minimum absolute atomic E-state index is 0.655. The molecule has 0 radical (unpaired) electrons. The van der Waals surface area contributed by atoms with E-state index < -0.39 is 0 Å². The lowest BCUT2D eigenvalue weighted by Crippen LogP contribution is -2.06. The van der Waals surface area contributed by atoms with E-state index in [4.69, 9.17) is 16.3 Å². The van der Waals surface area contributed by atoms with Crippen molar-refractivity contribution in [1.29, 1.82) is 0 Å². The highest BCUT2D eigenvalue weighted by Crippen LogP contribution is 2.20. The normalized spacial score (nSPS) is 10.0. The van der Waals surface area contributed by atoms with Crippen LogP contribution >= 0.6 is 11.6 Å². The van der Waals surface area contributed by atoms with Crippen LogP contribution in [0, 0.1) is 0 Å². The van der Waals surface area contributed by atoms with Crippen LogP contribution in [0.4, 0.5) is 5.82 Å². The monoisotopic (exact) mass is 228 g/mol. The molecule has 0 amide bonds. The van der Waals surface area contributed by atoms with Gasteiger partial charge in [0.15, 0.2) is 11.6 Å². The van der Waals surface area contributed by atoms with Gasteiger partial charge in [-0.3, -0.25) is 0 Å². The molecule has 3 nitrogen and oxygen atoms in total. The van der Waals surface area contributed by atoms with Gasteiger partial charge in [0.05, 0.1) is 6.61 Å². The molecular weight excluding hydrogens is 212 g/mol. The fraction of sp³-hybridized carbons (Fsp3) is 0.545. The summed E-state index contributed by atoms with van der Waals surface area (Å²) in [5.74, 6) is 2.34. The molecule has 84 valence electrons. The minimum Gasteiger partial charge on any atom is -0.490 e. The zero-order valence-corrected chi connectivity index (χ0v) is 9.76. The van der Waals surface area contributed by atoms with Gasteiger partial charge in [-0.15, -0.1) is 11.6 Å². The third-order valence-corrected chi connectivity index (χ3v) is 2.19. The lowest BCUT2D eigenvalue weighted by atomic mass is 10.3. The van der Waals surface area contributed by atoms with E-state index in [2.05, 4.69) is 10.3 Å².